The molecule has 2 aromatic rings. The van der Waals surface area contributed by atoms with E-state index in [1.165, 1.54) is 4.90 Å². The van der Waals surface area contributed by atoms with Crippen LogP contribution in [0.4, 0.5) is 0 Å². The first-order valence-electron chi connectivity index (χ1n) is 14.3. The van der Waals surface area contributed by atoms with Crippen molar-refractivity contribution >= 4 is 17.8 Å². The highest BCUT2D eigenvalue weighted by Crippen LogP contribution is 2.43. The highest BCUT2D eigenvalue weighted by Gasteiger charge is 2.46. The summed E-state index contributed by atoms with van der Waals surface area (Å²) in [4.78, 5) is 28.7. The number of hydrogen-bond donors (Lipinski definition) is 4. The lowest BCUT2D eigenvalue weighted by Gasteiger charge is -2.46. The largest absolute Gasteiger partial charge is 0.490 e. The summed E-state index contributed by atoms with van der Waals surface area (Å²) >= 11 is 0. The number of nitrogens with one attached hydrogen (secondary N) is 3. The Morgan fingerprint density at radius 3 is 2.52 bits per heavy atom. The van der Waals surface area contributed by atoms with Gasteiger partial charge in [-0.1, -0.05) is 39.0 Å². The molecule has 0 aliphatic carbocycles. The molecule has 3 aliphatic heterocycles. The fourth-order valence-electron chi connectivity index (χ4n) is 6.14. The molecule has 3 aliphatic rings. The molecule has 0 bridgehead atoms. The summed E-state index contributed by atoms with van der Waals surface area (Å²) in [5.74, 6) is 0.869. The number of carbonyl (C=O) groups excluding carboxylic acids is 2. The summed E-state index contributed by atoms with van der Waals surface area (Å²) in [5, 5.41) is 26.2. The molecule has 9 nitrogen and oxygen atoms in total. The number of nitrogens with zero attached hydrogens (tertiary/aromatic N) is 1. The molecular weight excluding hydrogens is 508 g/mol. The molecule has 40 heavy (non-hydrogen) atoms. The third-order valence-electron chi connectivity index (χ3n) is 8.86. The summed E-state index contributed by atoms with van der Waals surface area (Å²) in [6.45, 7) is 9.69. The number of fused-ring (bicyclic) bond motifs is 2. The number of hydrogen-bond acceptors (Lipinski definition) is 6. The molecule has 1 saturated heterocycles. The van der Waals surface area contributed by atoms with E-state index in [2.05, 4.69) is 10.6 Å². The maximum Gasteiger partial charge on any atom is 0.251 e. The number of aliphatic hydroxyl groups excluding tert-OH is 1. The van der Waals surface area contributed by atoms with Crippen LogP contribution in [0.5, 0.6) is 11.5 Å². The van der Waals surface area contributed by atoms with E-state index in [0.717, 1.165) is 19.3 Å². The molecule has 4 N–H and O–H groups in total. The van der Waals surface area contributed by atoms with Gasteiger partial charge in [-0.05, 0) is 57.4 Å². The van der Waals surface area contributed by atoms with Gasteiger partial charge in [0.15, 0.2) is 5.96 Å². The molecule has 2 amide bonds. The zero-order chi connectivity index (χ0) is 28.8. The zero-order valence-corrected chi connectivity index (χ0v) is 23.9. The maximum atomic E-state index is 13.6. The predicted molar refractivity (Wildman–Crippen MR) is 152 cm³/mol. The van der Waals surface area contributed by atoms with Crippen LogP contribution >= 0.6 is 0 Å². The van der Waals surface area contributed by atoms with Crippen molar-refractivity contribution in [3.63, 3.8) is 0 Å². The minimum absolute atomic E-state index is 0.0895. The third kappa shape index (κ3) is 4.80. The van der Waals surface area contributed by atoms with Gasteiger partial charge >= 0.3 is 0 Å². The van der Waals surface area contributed by atoms with Gasteiger partial charge in [-0.3, -0.25) is 19.9 Å². The SMILES string of the molecule is CCC1C[C@@H](N2C(=N)NC(CC)(CC)CC2=O)c2cc(C(=O)N[C@@H]3c4ccccc4OC(C)(C)C3O)ccc2O1. The Bertz CT molecular complexity index is 1300. The molecular formula is C31H40N4O5. The van der Waals surface area contributed by atoms with Crippen LogP contribution in [0.15, 0.2) is 42.5 Å². The van der Waals surface area contributed by atoms with Crippen LogP contribution < -0.4 is 20.1 Å². The number of rotatable bonds is 6. The van der Waals surface area contributed by atoms with Crippen molar-refractivity contribution in [1.82, 2.24) is 15.5 Å². The van der Waals surface area contributed by atoms with Crippen LogP contribution in [0.3, 0.4) is 0 Å². The van der Waals surface area contributed by atoms with Gasteiger partial charge in [0, 0.05) is 28.7 Å². The van der Waals surface area contributed by atoms with E-state index in [-0.39, 0.29) is 23.9 Å². The monoisotopic (exact) mass is 548 g/mol. The molecule has 2 unspecified atom stereocenters. The molecule has 9 heteroatoms. The smallest absolute Gasteiger partial charge is 0.251 e. The molecule has 214 valence electrons. The molecule has 1 fully saturated rings. The first kappa shape index (κ1) is 28.0. The Kier molecular flexibility index (Phi) is 7.29. The van der Waals surface area contributed by atoms with Crippen molar-refractivity contribution in [2.24, 2.45) is 0 Å². The molecule has 0 aromatic heterocycles. The number of ether oxygens (including phenoxy) is 2. The molecule has 3 heterocycles. The summed E-state index contributed by atoms with van der Waals surface area (Å²) in [6, 6.07) is 11.5. The summed E-state index contributed by atoms with van der Waals surface area (Å²) in [7, 11) is 0. The summed E-state index contributed by atoms with van der Waals surface area (Å²) < 4.78 is 12.2. The fourth-order valence-corrected chi connectivity index (χ4v) is 6.14. The summed E-state index contributed by atoms with van der Waals surface area (Å²) in [6.07, 6.45) is 1.99. The number of guanidine groups is 1. The second-order valence-electron chi connectivity index (χ2n) is 11.7. The molecule has 5 rings (SSSR count). The topological polar surface area (TPSA) is 124 Å². The standard InChI is InChI=1S/C31H40N4O5/c1-6-19-16-22(35-25(36)17-31(7-2,8-3)34-29(35)32)21-15-18(13-14-23(21)39-19)28(38)33-26-20-11-9-10-12-24(20)40-30(4,5)27(26)37/h9-15,19,22,26-27,37H,6-8,16-17H2,1-5H3,(H2,32,34)(H,33,38)/t19?,22-,26-,27?/m1/s1. The highest BCUT2D eigenvalue weighted by atomic mass is 16.5. The van der Waals surface area contributed by atoms with Crippen molar-refractivity contribution in [2.75, 3.05) is 0 Å². The molecule has 0 spiro atoms. The lowest BCUT2D eigenvalue weighted by molar-refractivity contribution is -0.133. The van der Waals surface area contributed by atoms with Gasteiger partial charge in [-0.2, -0.15) is 0 Å². The van der Waals surface area contributed by atoms with E-state index in [0.29, 0.717) is 41.0 Å². The number of aliphatic hydroxyl groups is 1. The first-order chi connectivity index (χ1) is 19.0. The number of amides is 2. The second kappa shape index (κ2) is 10.4. The van der Waals surface area contributed by atoms with E-state index in [1.54, 1.807) is 32.0 Å². The minimum atomic E-state index is -0.972. The Morgan fingerprint density at radius 2 is 1.85 bits per heavy atom. The Morgan fingerprint density at radius 1 is 1.12 bits per heavy atom. The lowest BCUT2D eigenvalue weighted by Crippen LogP contribution is -2.63. The van der Waals surface area contributed by atoms with Crippen molar-refractivity contribution < 1.29 is 24.2 Å². The van der Waals surface area contributed by atoms with Crippen molar-refractivity contribution in [2.45, 2.75) is 102 Å². The number of carbonyl (C=O) groups is 2. The van der Waals surface area contributed by atoms with Gasteiger partial charge in [0.1, 0.15) is 29.3 Å². The summed E-state index contributed by atoms with van der Waals surface area (Å²) in [5.41, 5.74) is 0.480. The fraction of sp³-hybridized carbons (Fsp3) is 0.516. The minimum Gasteiger partial charge on any atom is -0.490 e. The van der Waals surface area contributed by atoms with Gasteiger partial charge in [0.25, 0.3) is 5.91 Å². The molecule has 0 saturated carbocycles. The zero-order valence-electron chi connectivity index (χ0n) is 23.9. The average molecular weight is 549 g/mol. The van der Waals surface area contributed by atoms with Crippen molar-refractivity contribution in [3.8, 4) is 11.5 Å². The van der Waals surface area contributed by atoms with Gasteiger partial charge in [0.05, 0.1) is 18.5 Å². The van der Waals surface area contributed by atoms with E-state index in [4.69, 9.17) is 14.9 Å². The van der Waals surface area contributed by atoms with Crippen LogP contribution in [0.1, 0.15) is 100 Å². The van der Waals surface area contributed by atoms with Crippen molar-refractivity contribution in [1.29, 1.82) is 5.41 Å². The van der Waals surface area contributed by atoms with Crippen LogP contribution in [-0.2, 0) is 4.79 Å². The quantitative estimate of drug-likeness (QED) is 0.418. The average Bonchev–Trinajstić information content (AvgIpc) is 2.94. The van der Waals surface area contributed by atoms with E-state index in [1.807, 2.05) is 45.0 Å². The van der Waals surface area contributed by atoms with Gasteiger partial charge in [-0.25, -0.2) is 0 Å². The number of para-hydroxylation sites is 1. The van der Waals surface area contributed by atoms with E-state index >= 15 is 0 Å². The van der Waals surface area contributed by atoms with Crippen LogP contribution in [0.25, 0.3) is 0 Å². The van der Waals surface area contributed by atoms with Crippen LogP contribution in [-0.4, -0.2) is 51.1 Å². The first-order valence-corrected chi connectivity index (χ1v) is 14.3. The van der Waals surface area contributed by atoms with E-state index < -0.39 is 29.3 Å². The highest BCUT2D eigenvalue weighted by molar-refractivity contribution is 6.00. The Balaban J connectivity index is 1.46. The maximum absolute atomic E-state index is 13.6. The predicted octanol–water partition coefficient (Wildman–Crippen LogP) is 4.61. The van der Waals surface area contributed by atoms with Crippen LogP contribution in [0, 0.1) is 5.41 Å². The Labute approximate surface area is 235 Å². The van der Waals surface area contributed by atoms with Gasteiger partial charge in [0.2, 0.25) is 5.91 Å². The van der Waals surface area contributed by atoms with Crippen LogP contribution in [0.2, 0.25) is 0 Å². The second-order valence-corrected chi connectivity index (χ2v) is 11.7. The van der Waals surface area contributed by atoms with Gasteiger partial charge in [-0.15, -0.1) is 0 Å². The Hall–Kier alpha value is -3.59. The van der Waals surface area contributed by atoms with Gasteiger partial charge < -0.3 is 25.2 Å². The molecule has 0 radical (unpaired) electrons. The number of benzene rings is 2. The lowest BCUT2D eigenvalue weighted by atomic mass is 9.85. The molecule has 4 atom stereocenters. The molecule has 2 aromatic carbocycles. The third-order valence-corrected chi connectivity index (χ3v) is 8.86. The normalized spacial score (nSPS) is 26.5. The van der Waals surface area contributed by atoms with Crippen molar-refractivity contribution in [3.05, 3.63) is 59.2 Å². The van der Waals surface area contributed by atoms with E-state index in [9.17, 15) is 14.7 Å².